The predicted molar refractivity (Wildman–Crippen MR) is 85.0 cm³/mol. The zero-order valence-electron chi connectivity index (χ0n) is 11.5. The largest absolute Gasteiger partial charge is 0.496 e. The van der Waals surface area contributed by atoms with E-state index in [0.717, 1.165) is 12.8 Å². The van der Waals surface area contributed by atoms with Crippen molar-refractivity contribution in [3.05, 3.63) is 49.4 Å². The maximum absolute atomic E-state index is 13.6. The van der Waals surface area contributed by atoms with Crippen LogP contribution in [-0.4, -0.2) is 12.9 Å². The number of thiophene rings is 1. The van der Waals surface area contributed by atoms with E-state index in [1.54, 1.807) is 11.3 Å². The Morgan fingerprint density at radius 2 is 2.05 bits per heavy atom. The first kappa shape index (κ1) is 14.7. The van der Waals surface area contributed by atoms with E-state index in [9.17, 15) is 9.18 Å². The first-order chi connectivity index (χ1) is 10.1. The lowest BCUT2D eigenvalue weighted by molar-refractivity contribution is 0.103. The van der Waals surface area contributed by atoms with Crippen LogP contribution < -0.4 is 4.74 Å². The molecule has 2 nitrogen and oxygen atoms in total. The van der Waals surface area contributed by atoms with Crippen molar-refractivity contribution in [1.29, 1.82) is 0 Å². The van der Waals surface area contributed by atoms with Crippen molar-refractivity contribution < 1.29 is 13.9 Å². The summed E-state index contributed by atoms with van der Waals surface area (Å²) in [5.41, 5.74) is 1.68. The quantitative estimate of drug-likeness (QED) is 0.729. The van der Waals surface area contributed by atoms with Crippen LogP contribution in [0.1, 0.15) is 38.5 Å². The summed E-state index contributed by atoms with van der Waals surface area (Å²) in [7, 11) is 1.44. The zero-order valence-corrected chi connectivity index (χ0v) is 13.9. The molecule has 0 aliphatic heterocycles. The molecular formula is C16H14BrFO2S. The number of hydrogen-bond donors (Lipinski definition) is 0. The van der Waals surface area contributed by atoms with Crippen LogP contribution in [0.15, 0.2) is 22.7 Å². The number of hydrogen-bond acceptors (Lipinski definition) is 3. The molecule has 21 heavy (non-hydrogen) atoms. The normalized spacial score (nSPS) is 13.9. The summed E-state index contributed by atoms with van der Waals surface area (Å²) in [5.74, 6) is -0.270. The van der Waals surface area contributed by atoms with Crippen LogP contribution in [0.3, 0.4) is 0 Å². The molecule has 0 radical (unpaired) electrons. The summed E-state index contributed by atoms with van der Waals surface area (Å²) in [6.07, 6.45) is 4.47. The highest BCUT2D eigenvalue weighted by molar-refractivity contribution is 9.10. The van der Waals surface area contributed by atoms with Gasteiger partial charge in [-0.15, -0.1) is 11.3 Å². The SMILES string of the molecule is COc1cc(F)c(Br)cc1C(=O)c1cc2c(s1)CCCC2. The number of ether oxygens (including phenoxy) is 1. The lowest BCUT2D eigenvalue weighted by Crippen LogP contribution is -2.03. The Labute approximate surface area is 135 Å². The molecule has 0 amide bonds. The number of halogens is 2. The fraction of sp³-hybridized carbons (Fsp3) is 0.312. The van der Waals surface area contributed by atoms with Crippen molar-refractivity contribution in [3.8, 4) is 5.75 Å². The number of rotatable bonds is 3. The first-order valence-corrected chi connectivity index (χ1v) is 8.40. The third-order valence-electron chi connectivity index (χ3n) is 3.71. The number of aryl methyl sites for hydroxylation is 2. The number of methoxy groups -OCH3 is 1. The maximum atomic E-state index is 13.6. The van der Waals surface area contributed by atoms with E-state index in [4.69, 9.17) is 4.74 Å². The van der Waals surface area contributed by atoms with E-state index in [-0.39, 0.29) is 16.0 Å². The van der Waals surface area contributed by atoms with Crippen LogP contribution in [-0.2, 0) is 12.8 Å². The fourth-order valence-corrected chi connectivity index (χ4v) is 4.16. The summed E-state index contributed by atoms with van der Waals surface area (Å²) in [4.78, 5) is 14.7. The molecule has 1 aliphatic carbocycles. The summed E-state index contributed by atoms with van der Waals surface area (Å²) >= 11 is 4.68. The number of ketones is 1. The van der Waals surface area contributed by atoms with E-state index in [0.29, 0.717) is 10.4 Å². The van der Waals surface area contributed by atoms with Crippen molar-refractivity contribution in [1.82, 2.24) is 0 Å². The van der Waals surface area contributed by atoms with Crippen LogP contribution in [0, 0.1) is 5.82 Å². The second kappa shape index (κ2) is 5.89. The van der Waals surface area contributed by atoms with E-state index in [1.807, 2.05) is 6.07 Å². The van der Waals surface area contributed by atoms with Crippen molar-refractivity contribution in [2.45, 2.75) is 25.7 Å². The molecular weight excluding hydrogens is 355 g/mol. The molecule has 0 bridgehead atoms. The molecule has 1 aliphatic rings. The highest BCUT2D eigenvalue weighted by atomic mass is 79.9. The highest BCUT2D eigenvalue weighted by Crippen LogP contribution is 2.34. The number of fused-ring (bicyclic) bond motifs is 1. The lowest BCUT2D eigenvalue weighted by Gasteiger charge is -2.08. The van der Waals surface area contributed by atoms with Crippen molar-refractivity contribution >= 4 is 33.0 Å². The Kier molecular flexibility index (Phi) is 4.13. The first-order valence-electron chi connectivity index (χ1n) is 6.79. The van der Waals surface area contributed by atoms with E-state index in [2.05, 4.69) is 15.9 Å². The average molecular weight is 369 g/mol. The van der Waals surface area contributed by atoms with Gasteiger partial charge in [0.05, 0.1) is 22.0 Å². The summed E-state index contributed by atoms with van der Waals surface area (Å²) in [6.45, 7) is 0. The van der Waals surface area contributed by atoms with Gasteiger partial charge in [-0.25, -0.2) is 4.39 Å². The molecule has 2 aromatic rings. The van der Waals surface area contributed by atoms with Gasteiger partial charge in [0.1, 0.15) is 11.6 Å². The third-order valence-corrected chi connectivity index (χ3v) is 5.55. The molecule has 0 spiro atoms. The summed E-state index contributed by atoms with van der Waals surface area (Å²) < 4.78 is 19.0. The zero-order chi connectivity index (χ0) is 15.0. The van der Waals surface area contributed by atoms with Crippen LogP contribution >= 0.6 is 27.3 Å². The molecule has 1 heterocycles. The van der Waals surface area contributed by atoms with Gasteiger partial charge in [0.15, 0.2) is 0 Å². The molecule has 0 unspecified atom stereocenters. The molecule has 0 atom stereocenters. The van der Waals surface area contributed by atoms with Gasteiger partial charge in [-0.2, -0.15) is 0 Å². The van der Waals surface area contributed by atoms with Crippen LogP contribution in [0.4, 0.5) is 4.39 Å². The van der Waals surface area contributed by atoms with Gasteiger partial charge >= 0.3 is 0 Å². The molecule has 0 saturated heterocycles. The summed E-state index contributed by atoms with van der Waals surface area (Å²) in [5, 5.41) is 0. The highest BCUT2D eigenvalue weighted by Gasteiger charge is 2.22. The Balaban J connectivity index is 2.02. The van der Waals surface area contributed by atoms with Crippen LogP contribution in [0.5, 0.6) is 5.75 Å². The van der Waals surface area contributed by atoms with Gasteiger partial charge in [-0.05, 0) is 59.3 Å². The predicted octanol–water partition coefficient (Wildman–Crippen LogP) is 4.77. The number of carbonyl (C=O) groups excluding carboxylic acids is 1. The minimum atomic E-state index is -0.436. The molecule has 110 valence electrons. The minimum Gasteiger partial charge on any atom is -0.496 e. The van der Waals surface area contributed by atoms with E-state index >= 15 is 0 Å². The van der Waals surface area contributed by atoms with Crippen molar-refractivity contribution in [2.75, 3.05) is 7.11 Å². The third kappa shape index (κ3) is 2.77. The molecule has 1 aromatic heterocycles. The van der Waals surface area contributed by atoms with Gasteiger partial charge in [0, 0.05) is 10.9 Å². The van der Waals surface area contributed by atoms with Gasteiger partial charge < -0.3 is 4.74 Å². The standard InChI is InChI=1S/C16H14BrFO2S/c1-20-13-8-12(18)11(17)7-10(13)16(19)15-6-9-4-2-3-5-14(9)21-15/h6-8H,2-5H2,1H3. The molecule has 1 aromatic carbocycles. The maximum Gasteiger partial charge on any atom is 0.206 e. The van der Waals surface area contributed by atoms with E-state index in [1.165, 1.54) is 42.5 Å². The molecule has 5 heteroatoms. The lowest BCUT2D eigenvalue weighted by atomic mass is 9.98. The molecule has 3 rings (SSSR count). The van der Waals surface area contributed by atoms with Crippen molar-refractivity contribution in [2.24, 2.45) is 0 Å². The summed E-state index contributed by atoms with van der Waals surface area (Å²) in [6, 6.07) is 4.72. The van der Waals surface area contributed by atoms with Crippen molar-refractivity contribution in [3.63, 3.8) is 0 Å². The Hall–Kier alpha value is -1.20. The van der Waals surface area contributed by atoms with Gasteiger partial charge in [0.25, 0.3) is 0 Å². The second-order valence-corrected chi connectivity index (χ2v) is 7.05. The Morgan fingerprint density at radius 1 is 1.29 bits per heavy atom. The van der Waals surface area contributed by atoms with Gasteiger partial charge in [-0.3, -0.25) is 4.79 Å². The second-order valence-electron chi connectivity index (χ2n) is 5.06. The van der Waals surface area contributed by atoms with Gasteiger partial charge in [0.2, 0.25) is 5.78 Å². The van der Waals surface area contributed by atoms with Gasteiger partial charge in [-0.1, -0.05) is 0 Å². The van der Waals surface area contributed by atoms with Crippen LogP contribution in [0.25, 0.3) is 0 Å². The molecule has 0 fully saturated rings. The fourth-order valence-electron chi connectivity index (χ4n) is 2.61. The number of benzene rings is 1. The van der Waals surface area contributed by atoms with Crippen LogP contribution in [0.2, 0.25) is 0 Å². The molecule has 0 N–H and O–H groups in total. The monoisotopic (exact) mass is 368 g/mol. The molecule has 0 saturated carbocycles. The average Bonchev–Trinajstić information content (AvgIpc) is 2.92. The smallest absolute Gasteiger partial charge is 0.206 e. The Bertz CT molecular complexity index is 685. The topological polar surface area (TPSA) is 26.3 Å². The van der Waals surface area contributed by atoms with E-state index < -0.39 is 5.82 Å². The Morgan fingerprint density at radius 3 is 2.76 bits per heavy atom. The minimum absolute atomic E-state index is 0.105. The number of carbonyl (C=O) groups is 1.